The number of hydrogen-bond acceptors (Lipinski definition) is 3. The highest BCUT2D eigenvalue weighted by Gasteiger charge is 2.05. The van der Waals surface area contributed by atoms with Crippen molar-refractivity contribution < 1.29 is 14.6 Å². The number of carbonyl (C=O) groups is 1. The van der Waals surface area contributed by atoms with Gasteiger partial charge in [0.15, 0.2) is 0 Å². The Morgan fingerprint density at radius 2 is 1.25 bits per heavy atom. The summed E-state index contributed by atoms with van der Waals surface area (Å²) in [7, 11) is 0. The van der Waals surface area contributed by atoms with Crippen LogP contribution in [0.15, 0.2) is 0 Å². The minimum atomic E-state index is -0.125. The fraction of sp³-hybridized carbons (Fsp3) is 0.952. The number of carbonyl (C=O) groups excluding carboxylic acids is 1. The van der Waals surface area contributed by atoms with Crippen LogP contribution in [0.1, 0.15) is 117 Å². The second-order valence-corrected chi connectivity index (χ2v) is 7.09. The Bertz CT molecular complexity index is 266. The van der Waals surface area contributed by atoms with Crippen molar-refractivity contribution >= 4 is 5.97 Å². The first-order valence-corrected chi connectivity index (χ1v) is 10.5. The van der Waals surface area contributed by atoms with E-state index in [4.69, 9.17) is 4.74 Å². The molecule has 0 radical (unpaired) electrons. The van der Waals surface area contributed by atoms with E-state index in [0.29, 0.717) is 13.0 Å². The van der Waals surface area contributed by atoms with E-state index < -0.39 is 0 Å². The normalized spacial score (nSPS) is 12.3. The van der Waals surface area contributed by atoms with E-state index in [1.807, 2.05) is 6.92 Å². The van der Waals surface area contributed by atoms with Gasteiger partial charge >= 0.3 is 5.97 Å². The Balaban J connectivity index is 3.23. The quantitative estimate of drug-likeness (QED) is 0.239. The molecule has 1 N–H and O–H groups in total. The molecule has 0 rings (SSSR count). The van der Waals surface area contributed by atoms with E-state index in [2.05, 4.69) is 6.92 Å². The smallest absolute Gasteiger partial charge is 0.305 e. The van der Waals surface area contributed by atoms with E-state index in [9.17, 15) is 9.90 Å². The van der Waals surface area contributed by atoms with Gasteiger partial charge < -0.3 is 9.84 Å². The highest BCUT2D eigenvalue weighted by atomic mass is 16.5. The van der Waals surface area contributed by atoms with Crippen LogP contribution in [0.2, 0.25) is 0 Å². The molecule has 0 amide bonds. The number of unbranched alkanes of at least 4 members (excludes halogenated alkanes) is 10. The molecule has 144 valence electrons. The average Bonchev–Trinajstić information content (AvgIpc) is 2.58. The third-order valence-electron chi connectivity index (χ3n) is 4.53. The first-order chi connectivity index (χ1) is 11.7. The summed E-state index contributed by atoms with van der Waals surface area (Å²) in [5.74, 6) is -0.0634. The monoisotopic (exact) mass is 342 g/mol. The number of ether oxygens (including phenoxy) is 1. The van der Waals surface area contributed by atoms with Crippen molar-refractivity contribution in [3.05, 3.63) is 0 Å². The van der Waals surface area contributed by atoms with Crippen LogP contribution in [0, 0.1) is 0 Å². The molecule has 0 fully saturated rings. The molecule has 3 nitrogen and oxygen atoms in total. The molecule has 0 bridgehead atoms. The first kappa shape index (κ1) is 23.4. The molecule has 3 heteroatoms. The molecule has 0 aliphatic carbocycles. The Labute approximate surface area is 150 Å². The topological polar surface area (TPSA) is 46.5 Å². The van der Waals surface area contributed by atoms with E-state index in [1.165, 1.54) is 44.9 Å². The summed E-state index contributed by atoms with van der Waals surface area (Å²) in [6.07, 6.45) is 17.9. The van der Waals surface area contributed by atoms with Gasteiger partial charge in [-0.05, 0) is 25.7 Å². The molecular weight excluding hydrogens is 300 g/mol. The second-order valence-electron chi connectivity index (χ2n) is 7.09. The number of esters is 1. The van der Waals surface area contributed by atoms with Crippen molar-refractivity contribution in [1.82, 2.24) is 0 Å². The third kappa shape index (κ3) is 17.8. The molecule has 24 heavy (non-hydrogen) atoms. The first-order valence-electron chi connectivity index (χ1n) is 10.5. The van der Waals surface area contributed by atoms with Gasteiger partial charge in [0.05, 0.1) is 12.7 Å². The fourth-order valence-corrected chi connectivity index (χ4v) is 2.95. The second kappa shape index (κ2) is 18.8. The van der Waals surface area contributed by atoms with E-state index >= 15 is 0 Å². The van der Waals surface area contributed by atoms with Gasteiger partial charge in [0, 0.05) is 6.42 Å². The van der Waals surface area contributed by atoms with Crippen molar-refractivity contribution in [3.63, 3.8) is 0 Å². The lowest BCUT2D eigenvalue weighted by molar-refractivity contribution is -0.143. The summed E-state index contributed by atoms with van der Waals surface area (Å²) in [5, 5.41) is 9.99. The lowest BCUT2D eigenvalue weighted by Gasteiger charge is -2.10. The number of hydrogen-bond donors (Lipinski definition) is 1. The molecule has 0 aliphatic heterocycles. The largest absolute Gasteiger partial charge is 0.466 e. The molecule has 0 aromatic carbocycles. The third-order valence-corrected chi connectivity index (χ3v) is 4.53. The van der Waals surface area contributed by atoms with Crippen LogP contribution >= 0.6 is 0 Å². The van der Waals surface area contributed by atoms with Crippen LogP contribution in [0.25, 0.3) is 0 Å². The number of aliphatic hydroxyl groups is 1. The maximum atomic E-state index is 11.3. The van der Waals surface area contributed by atoms with Crippen LogP contribution in [-0.2, 0) is 9.53 Å². The number of aliphatic hydroxyl groups excluding tert-OH is 1. The molecule has 0 heterocycles. The Hall–Kier alpha value is -0.570. The Kier molecular flexibility index (Phi) is 18.3. The Morgan fingerprint density at radius 3 is 1.79 bits per heavy atom. The molecule has 0 saturated carbocycles. The van der Waals surface area contributed by atoms with Crippen LogP contribution in [0.5, 0.6) is 0 Å². The van der Waals surface area contributed by atoms with Crippen molar-refractivity contribution in [2.45, 2.75) is 123 Å². The summed E-state index contributed by atoms with van der Waals surface area (Å²) in [5.41, 5.74) is 0. The van der Waals surface area contributed by atoms with Gasteiger partial charge in [-0.3, -0.25) is 4.79 Å². The fourth-order valence-electron chi connectivity index (χ4n) is 2.95. The maximum Gasteiger partial charge on any atom is 0.305 e. The van der Waals surface area contributed by atoms with Gasteiger partial charge in [0.2, 0.25) is 0 Å². The minimum Gasteiger partial charge on any atom is -0.466 e. The maximum absolute atomic E-state index is 11.3. The zero-order chi connectivity index (χ0) is 17.9. The summed E-state index contributed by atoms with van der Waals surface area (Å²) >= 11 is 0. The lowest BCUT2D eigenvalue weighted by atomic mass is 10.0. The lowest BCUT2D eigenvalue weighted by Crippen LogP contribution is -2.06. The molecule has 0 aromatic rings. The molecular formula is C21H42O3. The van der Waals surface area contributed by atoms with Gasteiger partial charge in [-0.25, -0.2) is 0 Å². The standard InChI is InChI=1S/C21H42O3/c1-3-5-6-7-8-9-10-13-16-20(22)17-14-11-12-15-18-21(23)24-19-4-2/h20,22H,3-19H2,1-2H3. The van der Waals surface area contributed by atoms with Gasteiger partial charge in [0.25, 0.3) is 0 Å². The zero-order valence-corrected chi connectivity index (χ0v) is 16.4. The van der Waals surface area contributed by atoms with Gasteiger partial charge in [0.1, 0.15) is 0 Å². The summed E-state index contributed by atoms with van der Waals surface area (Å²) in [6, 6.07) is 0. The van der Waals surface area contributed by atoms with Crippen molar-refractivity contribution in [1.29, 1.82) is 0 Å². The van der Waals surface area contributed by atoms with E-state index in [-0.39, 0.29) is 12.1 Å². The molecule has 0 saturated heterocycles. The number of rotatable bonds is 18. The molecule has 0 spiro atoms. The van der Waals surface area contributed by atoms with Crippen molar-refractivity contribution in [2.75, 3.05) is 6.61 Å². The van der Waals surface area contributed by atoms with E-state index in [0.717, 1.165) is 51.4 Å². The van der Waals surface area contributed by atoms with Gasteiger partial charge in [-0.15, -0.1) is 0 Å². The van der Waals surface area contributed by atoms with Gasteiger partial charge in [-0.1, -0.05) is 84.5 Å². The molecule has 0 aromatic heterocycles. The van der Waals surface area contributed by atoms with Gasteiger partial charge in [-0.2, -0.15) is 0 Å². The summed E-state index contributed by atoms with van der Waals surface area (Å²) in [4.78, 5) is 11.3. The van der Waals surface area contributed by atoms with E-state index in [1.54, 1.807) is 0 Å². The Morgan fingerprint density at radius 1 is 0.750 bits per heavy atom. The predicted octanol–water partition coefficient (Wildman–Crippen LogP) is 6.17. The summed E-state index contributed by atoms with van der Waals surface area (Å²) in [6.45, 7) is 4.80. The molecule has 1 unspecified atom stereocenters. The summed E-state index contributed by atoms with van der Waals surface area (Å²) < 4.78 is 5.05. The zero-order valence-electron chi connectivity index (χ0n) is 16.4. The SMILES string of the molecule is CCCCCCCCCCC(O)CCCCCCC(=O)OCCC. The van der Waals surface area contributed by atoms with Crippen molar-refractivity contribution in [3.8, 4) is 0 Å². The highest BCUT2D eigenvalue weighted by Crippen LogP contribution is 2.14. The minimum absolute atomic E-state index is 0.0634. The highest BCUT2D eigenvalue weighted by molar-refractivity contribution is 5.69. The van der Waals surface area contributed by atoms with Crippen LogP contribution < -0.4 is 0 Å². The predicted molar refractivity (Wildman–Crippen MR) is 102 cm³/mol. The van der Waals surface area contributed by atoms with Crippen molar-refractivity contribution in [2.24, 2.45) is 0 Å². The average molecular weight is 343 g/mol. The molecule has 0 aliphatic rings. The molecule has 1 atom stereocenters. The van der Waals surface area contributed by atoms with Crippen LogP contribution in [0.3, 0.4) is 0 Å². The van der Waals surface area contributed by atoms with Crippen LogP contribution in [0.4, 0.5) is 0 Å². The van der Waals surface area contributed by atoms with Crippen LogP contribution in [-0.4, -0.2) is 23.8 Å².